The van der Waals surface area contributed by atoms with Gasteiger partial charge in [0.1, 0.15) is 12.0 Å². The maximum atomic E-state index is 10.8. The Morgan fingerprint density at radius 2 is 2.12 bits per heavy atom. The van der Waals surface area contributed by atoms with E-state index >= 15 is 0 Å². The molecule has 88 valence electrons. The van der Waals surface area contributed by atoms with Crippen LogP contribution in [0.1, 0.15) is 24.3 Å². The fraction of sp³-hybridized carbons (Fsp3) is 0.267. The smallest absolute Gasteiger partial charge is 0.120 e. The van der Waals surface area contributed by atoms with Crippen molar-refractivity contribution >= 4 is 6.29 Å². The normalized spacial score (nSPS) is 15.5. The minimum absolute atomic E-state index is 0.178. The van der Waals surface area contributed by atoms with Gasteiger partial charge in [0.05, 0.1) is 7.11 Å². The number of allylic oxidation sites excluding steroid dienone is 4. The third-order valence-corrected chi connectivity index (χ3v) is 3.05. The Hall–Kier alpha value is -1.83. The van der Waals surface area contributed by atoms with Gasteiger partial charge in [0.25, 0.3) is 0 Å². The lowest BCUT2D eigenvalue weighted by molar-refractivity contribution is -0.108. The molecule has 0 bridgehead atoms. The van der Waals surface area contributed by atoms with Crippen molar-refractivity contribution in [3.05, 3.63) is 53.6 Å². The van der Waals surface area contributed by atoms with Crippen LogP contribution < -0.4 is 4.74 Å². The van der Waals surface area contributed by atoms with Crippen LogP contribution in [0, 0.1) is 0 Å². The maximum Gasteiger partial charge on any atom is 0.120 e. The topological polar surface area (TPSA) is 26.3 Å². The number of aldehydes is 1. The van der Waals surface area contributed by atoms with E-state index in [1.165, 1.54) is 5.57 Å². The zero-order valence-electron chi connectivity index (χ0n) is 9.93. The number of benzene rings is 1. The van der Waals surface area contributed by atoms with Crippen molar-refractivity contribution in [2.45, 2.75) is 18.8 Å². The summed E-state index contributed by atoms with van der Waals surface area (Å²) in [6.45, 7) is 0. The molecule has 0 fully saturated rings. The molecular weight excluding hydrogens is 212 g/mol. The number of hydrogen-bond donors (Lipinski definition) is 0. The summed E-state index contributed by atoms with van der Waals surface area (Å²) >= 11 is 0. The number of hydrogen-bond acceptors (Lipinski definition) is 2. The molecule has 0 aromatic heterocycles. The number of rotatable bonds is 5. The summed E-state index contributed by atoms with van der Waals surface area (Å²) < 4.78 is 5.14. The molecule has 0 saturated carbocycles. The summed E-state index contributed by atoms with van der Waals surface area (Å²) in [6, 6.07) is 7.93. The third kappa shape index (κ3) is 2.64. The van der Waals surface area contributed by atoms with Crippen molar-refractivity contribution in [1.82, 2.24) is 0 Å². The van der Waals surface area contributed by atoms with E-state index in [2.05, 4.69) is 18.2 Å². The Morgan fingerprint density at radius 3 is 2.65 bits per heavy atom. The highest BCUT2D eigenvalue weighted by atomic mass is 16.5. The van der Waals surface area contributed by atoms with E-state index in [0.29, 0.717) is 6.42 Å². The van der Waals surface area contributed by atoms with Crippen molar-refractivity contribution in [3.8, 4) is 5.75 Å². The van der Waals surface area contributed by atoms with Gasteiger partial charge in [-0.25, -0.2) is 0 Å². The molecule has 2 heteroatoms. The van der Waals surface area contributed by atoms with Gasteiger partial charge in [0.2, 0.25) is 0 Å². The number of carbonyl (C=O) groups is 1. The van der Waals surface area contributed by atoms with Crippen molar-refractivity contribution in [3.63, 3.8) is 0 Å². The number of carbonyl (C=O) groups excluding carboxylic acids is 1. The second-order valence-electron chi connectivity index (χ2n) is 4.07. The van der Waals surface area contributed by atoms with Gasteiger partial charge in [-0.05, 0) is 29.7 Å². The molecule has 0 amide bonds. The van der Waals surface area contributed by atoms with Gasteiger partial charge in [-0.1, -0.05) is 30.4 Å². The van der Waals surface area contributed by atoms with Crippen molar-refractivity contribution in [2.75, 3.05) is 7.11 Å². The predicted octanol–water partition coefficient (Wildman–Crippen LogP) is 3.25. The summed E-state index contributed by atoms with van der Waals surface area (Å²) in [7, 11) is 1.65. The van der Waals surface area contributed by atoms with Gasteiger partial charge in [0, 0.05) is 12.3 Å². The van der Waals surface area contributed by atoms with Crippen LogP contribution in [0.3, 0.4) is 0 Å². The molecule has 2 rings (SSSR count). The molecule has 1 aromatic carbocycles. The lowest BCUT2D eigenvalue weighted by Gasteiger charge is -2.15. The monoisotopic (exact) mass is 228 g/mol. The number of methoxy groups -OCH3 is 1. The van der Waals surface area contributed by atoms with Crippen LogP contribution in [-0.4, -0.2) is 13.4 Å². The largest absolute Gasteiger partial charge is 0.497 e. The van der Waals surface area contributed by atoms with Crippen LogP contribution in [0.5, 0.6) is 5.75 Å². The zero-order chi connectivity index (χ0) is 12.1. The molecule has 17 heavy (non-hydrogen) atoms. The van der Waals surface area contributed by atoms with Crippen LogP contribution in [0.2, 0.25) is 0 Å². The summed E-state index contributed by atoms with van der Waals surface area (Å²) in [4.78, 5) is 10.8. The van der Waals surface area contributed by atoms with Gasteiger partial charge >= 0.3 is 0 Å². The second-order valence-corrected chi connectivity index (χ2v) is 4.07. The number of ether oxygens (including phenoxy) is 1. The van der Waals surface area contributed by atoms with E-state index in [1.54, 1.807) is 7.11 Å². The molecular formula is C15H16O2. The maximum absolute atomic E-state index is 10.8. The molecule has 1 atom stereocenters. The van der Waals surface area contributed by atoms with Crippen LogP contribution >= 0.6 is 0 Å². The minimum atomic E-state index is 0.178. The van der Waals surface area contributed by atoms with Gasteiger partial charge < -0.3 is 9.53 Å². The Morgan fingerprint density at radius 1 is 1.35 bits per heavy atom. The standard InChI is InChI=1S/C15H16O2/c1-17-14-8-6-13(7-9-14)15(10-11-16)12-4-2-3-5-12/h2,4-9,11,15H,3,10H2,1H3/t15-/m1/s1. The molecule has 0 unspecified atom stereocenters. The lowest BCUT2D eigenvalue weighted by atomic mass is 9.89. The molecule has 1 aliphatic carbocycles. The summed E-state index contributed by atoms with van der Waals surface area (Å²) in [5.74, 6) is 1.02. The van der Waals surface area contributed by atoms with Gasteiger partial charge in [-0.2, -0.15) is 0 Å². The first-order valence-electron chi connectivity index (χ1n) is 5.79. The Balaban J connectivity index is 2.25. The SMILES string of the molecule is COc1ccc([C@H](CC=O)C2=CCC=C2)cc1. The molecule has 0 N–H and O–H groups in total. The average molecular weight is 228 g/mol. The summed E-state index contributed by atoms with van der Waals surface area (Å²) in [5, 5.41) is 0. The lowest BCUT2D eigenvalue weighted by Crippen LogP contribution is -2.01. The van der Waals surface area contributed by atoms with E-state index in [9.17, 15) is 4.79 Å². The molecule has 2 nitrogen and oxygen atoms in total. The van der Waals surface area contributed by atoms with Crippen LogP contribution in [-0.2, 0) is 4.79 Å². The predicted molar refractivity (Wildman–Crippen MR) is 68.3 cm³/mol. The fourth-order valence-electron chi connectivity index (χ4n) is 2.13. The molecule has 0 saturated heterocycles. The third-order valence-electron chi connectivity index (χ3n) is 3.05. The van der Waals surface area contributed by atoms with Gasteiger partial charge in [-0.3, -0.25) is 0 Å². The highest BCUT2D eigenvalue weighted by Gasteiger charge is 2.16. The van der Waals surface area contributed by atoms with E-state index in [4.69, 9.17) is 4.74 Å². The molecule has 1 aliphatic rings. The molecule has 1 aromatic rings. The minimum Gasteiger partial charge on any atom is -0.497 e. The van der Waals surface area contributed by atoms with E-state index in [0.717, 1.165) is 24.0 Å². The van der Waals surface area contributed by atoms with E-state index in [1.807, 2.05) is 24.3 Å². The van der Waals surface area contributed by atoms with Crippen molar-refractivity contribution < 1.29 is 9.53 Å². The highest BCUT2D eigenvalue weighted by Crippen LogP contribution is 2.31. The Kier molecular flexibility index (Phi) is 3.76. The van der Waals surface area contributed by atoms with E-state index in [-0.39, 0.29) is 5.92 Å². The van der Waals surface area contributed by atoms with Crippen molar-refractivity contribution in [2.24, 2.45) is 0 Å². The quantitative estimate of drug-likeness (QED) is 0.723. The van der Waals surface area contributed by atoms with Crippen LogP contribution in [0.4, 0.5) is 0 Å². The first-order valence-corrected chi connectivity index (χ1v) is 5.79. The fourth-order valence-corrected chi connectivity index (χ4v) is 2.13. The second kappa shape index (κ2) is 5.48. The van der Waals surface area contributed by atoms with Gasteiger partial charge in [-0.15, -0.1) is 0 Å². The first-order chi connectivity index (χ1) is 8.35. The molecule has 0 radical (unpaired) electrons. The van der Waals surface area contributed by atoms with Crippen LogP contribution in [0.25, 0.3) is 0 Å². The van der Waals surface area contributed by atoms with E-state index < -0.39 is 0 Å². The molecule has 0 spiro atoms. The molecule has 0 heterocycles. The Labute approximate surface area is 102 Å². The van der Waals surface area contributed by atoms with Crippen LogP contribution in [0.15, 0.2) is 48.1 Å². The average Bonchev–Trinajstić information content (AvgIpc) is 2.90. The summed E-state index contributed by atoms with van der Waals surface area (Å²) in [6.07, 6.45) is 8.90. The van der Waals surface area contributed by atoms with Gasteiger partial charge in [0.15, 0.2) is 0 Å². The highest BCUT2D eigenvalue weighted by molar-refractivity contribution is 5.55. The van der Waals surface area contributed by atoms with Crippen molar-refractivity contribution in [1.29, 1.82) is 0 Å². The molecule has 0 aliphatic heterocycles. The Bertz CT molecular complexity index is 440. The summed E-state index contributed by atoms with van der Waals surface area (Å²) in [5.41, 5.74) is 2.40. The zero-order valence-corrected chi connectivity index (χ0v) is 9.93. The first kappa shape index (κ1) is 11.6.